The number of piperidine rings is 2. The van der Waals surface area contributed by atoms with Gasteiger partial charge in [-0.1, -0.05) is 6.07 Å². The minimum absolute atomic E-state index is 0.0731. The number of carbonyl (C=O) groups is 2. The first-order chi connectivity index (χ1) is 16.4. The van der Waals surface area contributed by atoms with Crippen LogP contribution >= 0.6 is 0 Å². The van der Waals surface area contributed by atoms with Gasteiger partial charge in [0.15, 0.2) is 0 Å². The maximum Gasteiger partial charge on any atom is 0.490 e. The Labute approximate surface area is 201 Å². The van der Waals surface area contributed by atoms with Crippen molar-refractivity contribution in [1.29, 1.82) is 0 Å². The van der Waals surface area contributed by atoms with Gasteiger partial charge in [0.25, 0.3) is 5.91 Å². The lowest BCUT2D eigenvalue weighted by Gasteiger charge is -2.38. The zero-order chi connectivity index (χ0) is 25.8. The first-order valence-corrected chi connectivity index (χ1v) is 11.8. The highest BCUT2D eigenvalue weighted by molar-refractivity contribution is 5.94. The van der Waals surface area contributed by atoms with Crippen LogP contribution in [-0.2, 0) is 9.53 Å². The molecule has 1 atom stereocenters. The molecule has 11 heteroatoms. The number of carboxylic acid groups (broad SMARTS) is 1. The molecule has 3 aliphatic rings. The predicted octanol–water partition coefficient (Wildman–Crippen LogP) is 3.24. The molecule has 3 aliphatic heterocycles. The normalized spacial score (nSPS) is 23.1. The summed E-state index contributed by atoms with van der Waals surface area (Å²) >= 11 is 0. The number of aliphatic hydroxyl groups is 1. The lowest BCUT2D eigenvalue weighted by atomic mass is 9.76. The molecule has 35 heavy (non-hydrogen) atoms. The third-order valence-electron chi connectivity index (χ3n) is 7.08. The Kier molecular flexibility index (Phi) is 8.76. The van der Waals surface area contributed by atoms with Crippen molar-refractivity contribution in [1.82, 2.24) is 9.80 Å². The summed E-state index contributed by atoms with van der Waals surface area (Å²) in [4.78, 5) is 25.9. The number of nitrogens with zero attached hydrogens (tertiary/aromatic N) is 2. The number of aliphatic carboxylic acids is 1. The molecule has 1 aromatic carbocycles. The molecule has 0 aromatic heterocycles. The van der Waals surface area contributed by atoms with Gasteiger partial charge in [0.1, 0.15) is 5.82 Å². The highest BCUT2D eigenvalue weighted by atomic mass is 19.4. The monoisotopic (exact) mass is 504 g/mol. The van der Waals surface area contributed by atoms with Crippen LogP contribution in [0.1, 0.15) is 48.0 Å². The molecule has 1 spiro atoms. The summed E-state index contributed by atoms with van der Waals surface area (Å²) in [5.74, 6) is -3.15. The van der Waals surface area contributed by atoms with E-state index in [4.69, 9.17) is 14.6 Å². The lowest BCUT2D eigenvalue weighted by Crippen LogP contribution is -2.44. The van der Waals surface area contributed by atoms with Gasteiger partial charge in [0.05, 0.1) is 18.8 Å². The second-order valence-electron chi connectivity index (χ2n) is 9.73. The van der Waals surface area contributed by atoms with Gasteiger partial charge in [-0.25, -0.2) is 9.18 Å². The zero-order valence-corrected chi connectivity index (χ0v) is 19.7. The van der Waals surface area contributed by atoms with Crippen LogP contribution in [0.4, 0.5) is 17.6 Å². The smallest absolute Gasteiger partial charge is 0.475 e. The molecular formula is C24H32F4N2O5. The molecule has 0 saturated carbocycles. The van der Waals surface area contributed by atoms with Crippen molar-refractivity contribution in [2.75, 3.05) is 39.3 Å². The Morgan fingerprint density at radius 3 is 2.29 bits per heavy atom. The quantitative estimate of drug-likeness (QED) is 0.615. The minimum Gasteiger partial charge on any atom is -0.475 e. The summed E-state index contributed by atoms with van der Waals surface area (Å²) < 4.78 is 51.7. The van der Waals surface area contributed by atoms with Crippen molar-refractivity contribution in [3.05, 3.63) is 35.1 Å². The molecular weight excluding hydrogens is 472 g/mol. The fourth-order valence-electron chi connectivity index (χ4n) is 4.84. The van der Waals surface area contributed by atoms with E-state index in [-0.39, 0.29) is 29.3 Å². The third kappa shape index (κ3) is 7.37. The highest BCUT2D eigenvalue weighted by Crippen LogP contribution is 2.42. The molecule has 0 aliphatic carbocycles. The number of carbonyl (C=O) groups excluding carboxylic acids is 1. The van der Waals surface area contributed by atoms with Gasteiger partial charge in [-0.05, 0) is 62.1 Å². The fourth-order valence-corrected chi connectivity index (χ4v) is 4.84. The standard InChI is InChI=1S/C22H31FN2O3.C2HF3O2/c1-16-2-3-17(12-20(16)23)21(27)25-10-6-22(7-11-25)13-19(28-15-22)14-24-8-4-18(26)5-9-24;3-2(4,5)1(6)7/h2-3,12,18-19,26H,4-11,13-15H2,1H3;(H,6,7). The van der Waals surface area contributed by atoms with Crippen LogP contribution in [0, 0.1) is 18.2 Å². The van der Waals surface area contributed by atoms with E-state index in [0.29, 0.717) is 24.2 Å². The van der Waals surface area contributed by atoms with Crippen LogP contribution in [0.5, 0.6) is 0 Å². The van der Waals surface area contributed by atoms with Crippen LogP contribution in [0.2, 0.25) is 0 Å². The van der Waals surface area contributed by atoms with E-state index in [0.717, 1.165) is 58.3 Å². The van der Waals surface area contributed by atoms with Crippen LogP contribution in [0.3, 0.4) is 0 Å². The number of likely N-dealkylation sites (tertiary alicyclic amines) is 2. The van der Waals surface area contributed by atoms with Gasteiger partial charge in [-0.2, -0.15) is 13.2 Å². The number of rotatable bonds is 3. The number of carboxylic acids is 1. The van der Waals surface area contributed by atoms with E-state index in [2.05, 4.69) is 4.90 Å². The third-order valence-corrected chi connectivity index (χ3v) is 7.08. The number of hydrogen-bond acceptors (Lipinski definition) is 5. The molecule has 4 rings (SSSR count). The van der Waals surface area contributed by atoms with Crippen LogP contribution < -0.4 is 0 Å². The Hall–Kier alpha value is -2.24. The summed E-state index contributed by atoms with van der Waals surface area (Å²) in [6.45, 7) is 6.74. The number of ether oxygens (including phenoxy) is 1. The van der Waals surface area contributed by atoms with Crippen molar-refractivity contribution >= 4 is 11.9 Å². The SMILES string of the molecule is Cc1ccc(C(=O)N2CCC3(CC2)COC(CN2CCC(O)CC2)C3)cc1F.O=C(O)C(F)(F)F. The van der Waals surface area contributed by atoms with E-state index in [9.17, 15) is 27.5 Å². The molecule has 0 radical (unpaired) electrons. The number of aliphatic hydroxyl groups excluding tert-OH is 1. The average Bonchev–Trinajstić information content (AvgIpc) is 3.19. The van der Waals surface area contributed by atoms with E-state index in [1.165, 1.54) is 6.07 Å². The Morgan fingerprint density at radius 2 is 1.74 bits per heavy atom. The van der Waals surface area contributed by atoms with Gasteiger partial charge in [0, 0.05) is 38.3 Å². The van der Waals surface area contributed by atoms with Crippen molar-refractivity contribution in [3.63, 3.8) is 0 Å². The van der Waals surface area contributed by atoms with Gasteiger partial charge >= 0.3 is 12.1 Å². The van der Waals surface area contributed by atoms with Gasteiger partial charge in [-0.3, -0.25) is 4.79 Å². The first kappa shape index (κ1) is 27.3. The first-order valence-electron chi connectivity index (χ1n) is 11.8. The number of alkyl halides is 3. The summed E-state index contributed by atoms with van der Waals surface area (Å²) in [6, 6.07) is 4.74. The topological polar surface area (TPSA) is 90.3 Å². The maximum absolute atomic E-state index is 13.8. The molecule has 1 amide bonds. The van der Waals surface area contributed by atoms with Gasteiger partial charge in [0.2, 0.25) is 0 Å². The highest BCUT2D eigenvalue weighted by Gasteiger charge is 2.43. The molecule has 196 valence electrons. The Bertz CT molecular complexity index is 894. The van der Waals surface area contributed by atoms with Crippen LogP contribution in [0.15, 0.2) is 18.2 Å². The van der Waals surface area contributed by atoms with Gasteiger partial charge in [-0.15, -0.1) is 0 Å². The molecule has 3 saturated heterocycles. The van der Waals surface area contributed by atoms with Crippen molar-refractivity contribution < 1.29 is 42.1 Å². The van der Waals surface area contributed by atoms with Crippen molar-refractivity contribution in [2.24, 2.45) is 5.41 Å². The second-order valence-corrected chi connectivity index (χ2v) is 9.73. The Balaban J connectivity index is 0.000000429. The lowest BCUT2D eigenvalue weighted by molar-refractivity contribution is -0.192. The summed E-state index contributed by atoms with van der Waals surface area (Å²) in [7, 11) is 0. The molecule has 7 nitrogen and oxygen atoms in total. The van der Waals surface area contributed by atoms with E-state index in [1.54, 1.807) is 19.1 Å². The van der Waals surface area contributed by atoms with Crippen molar-refractivity contribution in [3.8, 4) is 0 Å². The number of hydrogen-bond donors (Lipinski definition) is 2. The van der Waals surface area contributed by atoms with E-state index in [1.807, 2.05) is 4.90 Å². The van der Waals surface area contributed by atoms with E-state index < -0.39 is 12.1 Å². The molecule has 1 unspecified atom stereocenters. The number of halogens is 4. The Morgan fingerprint density at radius 1 is 1.14 bits per heavy atom. The van der Waals surface area contributed by atoms with Crippen LogP contribution in [0.25, 0.3) is 0 Å². The van der Waals surface area contributed by atoms with Crippen LogP contribution in [-0.4, -0.2) is 89.6 Å². The maximum atomic E-state index is 13.8. The molecule has 1 aromatic rings. The average molecular weight is 505 g/mol. The molecule has 2 N–H and O–H groups in total. The largest absolute Gasteiger partial charge is 0.490 e. The summed E-state index contributed by atoms with van der Waals surface area (Å²) in [5.41, 5.74) is 1.17. The summed E-state index contributed by atoms with van der Waals surface area (Å²) in [5, 5.41) is 16.8. The zero-order valence-electron chi connectivity index (χ0n) is 19.7. The van der Waals surface area contributed by atoms with E-state index >= 15 is 0 Å². The minimum atomic E-state index is -5.08. The second kappa shape index (κ2) is 11.2. The number of aryl methyl sites for hydroxylation is 1. The molecule has 3 heterocycles. The van der Waals surface area contributed by atoms with Gasteiger partial charge < -0.3 is 24.7 Å². The predicted molar refractivity (Wildman–Crippen MR) is 118 cm³/mol. The molecule has 3 fully saturated rings. The number of benzene rings is 1. The number of amides is 1. The summed E-state index contributed by atoms with van der Waals surface area (Å²) in [6.07, 6.45) is -0.319. The molecule has 0 bridgehead atoms. The van der Waals surface area contributed by atoms with Crippen molar-refractivity contribution in [2.45, 2.75) is 57.4 Å². The fraction of sp³-hybridized carbons (Fsp3) is 0.667.